The number of halogens is 1. The maximum atomic E-state index is 11.9. The van der Waals surface area contributed by atoms with E-state index in [4.69, 9.17) is 16.3 Å². The molecule has 1 atom stereocenters. The number of esters is 1. The summed E-state index contributed by atoms with van der Waals surface area (Å²) in [5.74, 6) is -1.39. The van der Waals surface area contributed by atoms with Gasteiger partial charge in [-0.15, -0.1) is 0 Å². The van der Waals surface area contributed by atoms with Crippen LogP contribution in [0, 0.1) is 10.1 Å². The van der Waals surface area contributed by atoms with Gasteiger partial charge in [-0.05, 0) is 37.2 Å². The highest BCUT2D eigenvalue weighted by atomic mass is 35.5. The van der Waals surface area contributed by atoms with Gasteiger partial charge >= 0.3 is 11.3 Å². The lowest BCUT2D eigenvalue weighted by atomic mass is 9.90. The van der Waals surface area contributed by atoms with Crippen LogP contribution in [0.4, 0.5) is 4.79 Å². The summed E-state index contributed by atoms with van der Waals surface area (Å²) in [4.78, 5) is 35.8. The second kappa shape index (κ2) is 9.11. The number of rotatable bonds is 6. The van der Waals surface area contributed by atoms with Gasteiger partial charge in [0, 0.05) is 22.5 Å². The Morgan fingerprint density at radius 2 is 1.96 bits per heavy atom. The van der Waals surface area contributed by atoms with Crippen LogP contribution in [0.5, 0.6) is 0 Å². The quantitative estimate of drug-likeness (QED) is 0.403. The van der Waals surface area contributed by atoms with E-state index in [1.54, 1.807) is 43.0 Å². The topological polar surface area (TPSA) is 110 Å². The van der Waals surface area contributed by atoms with Gasteiger partial charge in [0.1, 0.15) is 12.5 Å². The minimum atomic E-state index is -1.19. The molecule has 0 spiro atoms. The monoisotopic (exact) mass is 426 g/mol. The fraction of sp³-hybridized carbons (Fsp3) is 0.333. The SMILES string of the molecule is CC(=O)OCCN1C(C)=C(SC(=O)O)C(c2ccccc2Cl)C([N+](=O)[O-])=C1C. The molecule has 0 saturated carbocycles. The van der Waals surface area contributed by atoms with Gasteiger partial charge in [-0.3, -0.25) is 14.9 Å². The zero-order valence-electron chi connectivity index (χ0n) is 15.5. The molecule has 0 amide bonds. The summed E-state index contributed by atoms with van der Waals surface area (Å²) in [6.45, 7) is 4.71. The molecule has 0 radical (unpaired) electrons. The average Bonchev–Trinajstić information content (AvgIpc) is 2.59. The van der Waals surface area contributed by atoms with Gasteiger partial charge in [-0.2, -0.15) is 0 Å². The summed E-state index contributed by atoms with van der Waals surface area (Å²) in [5, 5.41) is 20.4. The summed E-state index contributed by atoms with van der Waals surface area (Å²) in [7, 11) is 0. The number of benzene rings is 1. The molecule has 1 N–H and O–H groups in total. The number of carbonyl (C=O) groups is 2. The molecule has 0 fully saturated rings. The standard InChI is InChI=1S/C18H19ClN2O6S/c1-10-16(21(25)26)15(13-6-4-5-7-14(13)19)17(28-18(23)24)11(2)20(10)8-9-27-12(3)22/h4-7,15H,8-9H2,1-3H3,(H,23,24). The lowest BCUT2D eigenvalue weighted by Gasteiger charge is -2.35. The summed E-state index contributed by atoms with van der Waals surface area (Å²) >= 11 is 6.80. The van der Waals surface area contributed by atoms with E-state index in [-0.39, 0.29) is 18.8 Å². The smallest absolute Gasteiger partial charge is 0.369 e. The van der Waals surface area contributed by atoms with Gasteiger partial charge in [0.2, 0.25) is 0 Å². The Kier molecular flexibility index (Phi) is 7.09. The van der Waals surface area contributed by atoms with Crippen LogP contribution >= 0.6 is 23.4 Å². The van der Waals surface area contributed by atoms with Crippen LogP contribution in [-0.4, -0.2) is 39.4 Å². The maximum Gasteiger partial charge on any atom is 0.369 e. The van der Waals surface area contributed by atoms with Crippen molar-refractivity contribution in [1.29, 1.82) is 0 Å². The van der Waals surface area contributed by atoms with E-state index in [9.17, 15) is 24.8 Å². The van der Waals surface area contributed by atoms with Crippen LogP contribution in [0.3, 0.4) is 0 Å². The highest BCUT2D eigenvalue weighted by molar-refractivity contribution is 8.16. The fourth-order valence-electron chi connectivity index (χ4n) is 3.14. The number of carbonyl (C=O) groups excluding carboxylic acids is 1. The molecule has 150 valence electrons. The van der Waals surface area contributed by atoms with Crippen molar-refractivity contribution in [3.63, 3.8) is 0 Å². The molecule has 1 heterocycles. The molecular formula is C18H19ClN2O6S. The molecule has 8 nitrogen and oxygen atoms in total. The molecule has 1 unspecified atom stereocenters. The minimum absolute atomic E-state index is 0.0107. The Hall–Kier alpha value is -2.52. The molecule has 0 aliphatic carbocycles. The first kappa shape index (κ1) is 21.8. The van der Waals surface area contributed by atoms with E-state index >= 15 is 0 Å². The number of thioether (sulfide) groups is 1. The van der Waals surface area contributed by atoms with Crippen LogP contribution in [0.25, 0.3) is 0 Å². The van der Waals surface area contributed by atoms with Crippen LogP contribution in [-0.2, 0) is 9.53 Å². The molecule has 1 aromatic rings. The zero-order chi connectivity index (χ0) is 21.0. The van der Waals surface area contributed by atoms with E-state index in [2.05, 4.69) is 0 Å². The summed E-state index contributed by atoms with van der Waals surface area (Å²) in [6, 6.07) is 6.64. The van der Waals surface area contributed by atoms with Crippen molar-refractivity contribution < 1.29 is 24.4 Å². The summed E-state index contributed by atoms with van der Waals surface area (Å²) < 4.78 is 4.94. The molecule has 2 rings (SSSR count). The third-order valence-electron chi connectivity index (χ3n) is 4.30. The van der Waals surface area contributed by atoms with E-state index in [1.165, 1.54) is 6.92 Å². The second-order valence-electron chi connectivity index (χ2n) is 5.99. The number of nitrogens with zero attached hydrogens (tertiary/aromatic N) is 2. The number of allylic oxidation sites excluding steroid dienone is 3. The van der Waals surface area contributed by atoms with Crippen molar-refractivity contribution in [2.45, 2.75) is 26.7 Å². The predicted molar refractivity (Wildman–Crippen MR) is 106 cm³/mol. The van der Waals surface area contributed by atoms with Crippen LogP contribution in [0.15, 0.2) is 46.3 Å². The Morgan fingerprint density at radius 3 is 2.50 bits per heavy atom. The minimum Gasteiger partial charge on any atom is -0.473 e. The first-order chi connectivity index (χ1) is 13.1. The highest BCUT2D eigenvalue weighted by Crippen LogP contribution is 2.48. The molecule has 28 heavy (non-hydrogen) atoms. The van der Waals surface area contributed by atoms with Crippen LogP contribution in [0.2, 0.25) is 5.02 Å². The van der Waals surface area contributed by atoms with Crippen molar-refractivity contribution in [2.24, 2.45) is 0 Å². The number of ether oxygens (including phenoxy) is 1. The maximum absolute atomic E-state index is 11.9. The number of nitro groups is 1. The predicted octanol–water partition coefficient (Wildman–Crippen LogP) is 4.45. The van der Waals surface area contributed by atoms with Crippen molar-refractivity contribution in [1.82, 2.24) is 4.90 Å². The zero-order valence-corrected chi connectivity index (χ0v) is 17.0. The molecular weight excluding hydrogens is 408 g/mol. The summed E-state index contributed by atoms with van der Waals surface area (Å²) in [6.07, 6.45) is 0. The van der Waals surface area contributed by atoms with Gasteiger partial charge in [-0.25, -0.2) is 4.79 Å². The van der Waals surface area contributed by atoms with Gasteiger partial charge < -0.3 is 14.7 Å². The van der Waals surface area contributed by atoms with E-state index in [0.29, 0.717) is 38.6 Å². The van der Waals surface area contributed by atoms with Gasteiger partial charge in [0.05, 0.1) is 17.2 Å². The molecule has 1 aromatic carbocycles. The first-order valence-corrected chi connectivity index (χ1v) is 9.46. The number of hydrogen-bond donors (Lipinski definition) is 1. The van der Waals surface area contributed by atoms with Crippen molar-refractivity contribution in [3.8, 4) is 0 Å². The first-order valence-electron chi connectivity index (χ1n) is 8.27. The van der Waals surface area contributed by atoms with E-state index < -0.39 is 22.1 Å². The normalized spacial score (nSPS) is 17.0. The van der Waals surface area contributed by atoms with Gasteiger partial charge in [0.15, 0.2) is 0 Å². The van der Waals surface area contributed by atoms with Gasteiger partial charge in [0.25, 0.3) is 5.70 Å². The molecule has 1 aliphatic heterocycles. The Balaban J connectivity index is 2.63. The number of carboxylic acid groups (broad SMARTS) is 1. The fourth-order valence-corrected chi connectivity index (χ4v) is 4.19. The van der Waals surface area contributed by atoms with Crippen LogP contribution < -0.4 is 0 Å². The Morgan fingerprint density at radius 1 is 1.32 bits per heavy atom. The lowest BCUT2D eigenvalue weighted by Crippen LogP contribution is -2.34. The lowest BCUT2D eigenvalue weighted by molar-refractivity contribution is -0.431. The summed E-state index contributed by atoms with van der Waals surface area (Å²) in [5.41, 5.74) is 1.17. The van der Waals surface area contributed by atoms with E-state index in [0.717, 1.165) is 0 Å². The molecule has 0 saturated heterocycles. The highest BCUT2D eigenvalue weighted by Gasteiger charge is 2.42. The number of hydrogen-bond acceptors (Lipinski definition) is 7. The van der Waals surface area contributed by atoms with Gasteiger partial charge in [-0.1, -0.05) is 29.8 Å². The Bertz CT molecular complexity index is 883. The van der Waals surface area contributed by atoms with Crippen molar-refractivity contribution in [3.05, 3.63) is 67.0 Å². The Labute approximate surface area is 170 Å². The third kappa shape index (κ3) is 4.66. The largest absolute Gasteiger partial charge is 0.473 e. The van der Waals surface area contributed by atoms with Crippen molar-refractivity contribution >= 4 is 34.6 Å². The third-order valence-corrected chi connectivity index (χ3v) is 5.57. The molecule has 10 heteroatoms. The molecule has 1 aliphatic rings. The second-order valence-corrected chi connectivity index (χ2v) is 7.39. The van der Waals surface area contributed by atoms with E-state index in [1.807, 2.05) is 0 Å². The van der Waals surface area contributed by atoms with Crippen molar-refractivity contribution in [2.75, 3.05) is 13.2 Å². The average molecular weight is 427 g/mol. The molecule has 0 aromatic heterocycles. The molecule has 0 bridgehead atoms. The van der Waals surface area contributed by atoms with Crippen LogP contribution in [0.1, 0.15) is 32.3 Å².